The van der Waals surface area contributed by atoms with Gasteiger partial charge in [-0.05, 0) is 62.7 Å². The highest BCUT2D eigenvalue weighted by Crippen LogP contribution is 2.32. The van der Waals surface area contributed by atoms with Crippen molar-refractivity contribution in [3.8, 4) is 0 Å². The first kappa shape index (κ1) is 19.8. The van der Waals surface area contributed by atoms with E-state index in [-0.39, 0.29) is 0 Å². The van der Waals surface area contributed by atoms with Crippen LogP contribution in [0.25, 0.3) is 0 Å². The monoisotopic (exact) mass is 324 g/mol. The molecule has 0 fully saturated rings. The summed E-state index contributed by atoms with van der Waals surface area (Å²) < 4.78 is 0. The number of alkyl halides is 1. The number of allylic oxidation sites excluding steroid dienone is 3. The number of hydrogen-bond donors (Lipinski definition) is 0. The van der Waals surface area contributed by atoms with Crippen molar-refractivity contribution in [2.24, 2.45) is 17.8 Å². The van der Waals surface area contributed by atoms with Gasteiger partial charge in [0.25, 0.3) is 0 Å². The van der Waals surface area contributed by atoms with Gasteiger partial charge in [-0.2, -0.15) is 0 Å². The van der Waals surface area contributed by atoms with E-state index in [0.29, 0.717) is 0 Å². The molecule has 0 saturated carbocycles. The second-order valence-electron chi connectivity index (χ2n) is 7.19. The minimum absolute atomic E-state index is 0.739. The smallest absolute Gasteiger partial charge is 0.0223 e. The predicted molar refractivity (Wildman–Crippen MR) is 102 cm³/mol. The van der Waals surface area contributed by atoms with Gasteiger partial charge in [-0.3, -0.25) is 0 Å². The van der Waals surface area contributed by atoms with E-state index in [2.05, 4.69) is 31.7 Å². The number of halogens is 1. The first-order chi connectivity index (χ1) is 10.8. The quantitative estimate of drug-likeness (QED) is 0.233. The second-order valence-corrected chi connectivity index (χ2v) is 7.57. The highest BCUT2D eigenvalue weighted by Gasteiger charge is 2.20. The molecular weight excluding hydrogens is 288 g/mol. The van der Waals surface area contributed by atoms with Crippen molar-refractivity contribution in [1.29, 1.82) is 0 Å². The van der Waals surface area contributed by atoms with Crippen LogP contribution in [0.3, 0.4) is 0 Å². The van der Waals surface area contributed by atoms with Crippen LogP contribution in [0.15, 0.2) is 24.8 Å². The molecule has 0 aromatic heterocycles. The summed E-state index contributed by atoms with van der Waals surface area (Å²) in [4.78, 5) is 0. The predicted octanol–water partition coefficient (Wildman–Crippen LogP) is 7.53. The van der Waals surface area contributed by atoms with Crippen molar-refractivity contribution in [2.75, 3.05) is 5.88 Å². The maximum atomic E-state index is 5.73. The van der Waals surface area contributed by atoms with E-state index in [1.165, 1.54) is 77.0 Å². The SMILES string of the molecule is C=CC1CCC/C=C\CCC(C(C)CCCCCCCCl)C1. The summed E-state index contributed by atoms with van der Waals surface area (Å²) in [5.74, 6) is 3.31. The summed E-state index contributed by atoms with van der Waals surface area (Å²) in [6, 6.07) is 0. The zero-order valence-corrected chi connectivity index (χ0v) is 15.5. The zero-order chi connectivity index (χ0) is 16.0. The molecule has 1 rings (SSSR count). The molecule has 0 nitrogen and oxygen atoms in total. The third-order valence-corrected chi connectivity index (χ3v) is 5.62. The molecule has 0 heterocycles. The molecule has 1 heteroatoms. The van der Waals surface area contributed by atoms with Gasteiger partial charge in [0.2, 0.25) is 0 Å². The van der Waals surface area contributed by atoms with Crippen molar-refractivity contribution in [2.45, 2.75) is 84.0 Å². The summed E-state index contributed by atoms with van der Waals surface area (Å²) >= 11 is 5.73. The molecule has 22 heavy (non-hydrogen) atoms. The maximum absolute atomic E-state index is 5.73. The largest absolute Gasteiger partial charge is 0.127 e. The van der Waals surface area contributed by atoms with Crippen LogP contribution in [0.5, 0.6) is 0 Å². The third kappa shape index (κ3) is 9.03. The highest BCUT2D eigenvalue weighted by molar-refractivity contribution is 6.17. The topological polar surface area (TPSA) is 0 Å². The van der Waals surface area contributed by atoms with E-state index in [1.54, 1.807) is 0 Å². The Balaban J connectivity index is 2.34. The fraction of sp³-hybridized carbons (Fsp3) is 0.810. The molecule has 0 N–H and O–H groups in total. The van der Waals surface area contributed by atoms with E-state index < -0.39 is 0 Å². The number of rotatable bonds is 9. The molecule has 128 valence electrons. The van der Waals surface area contributed by atoms with E-state index in [9.17, 15) is 0 Å². The Labute approximate surface area is 144 Å². The van der Waals surface area contributed by atoms with Crippen LogP contribution in [0.4, 0.5) is 0 Å². The van der Waals surface area contributed by atoms with E-state index in [1.807, 2.05) is 0 Å². The summed E-state index contributed by atoms with van der Waals surface area (Å²) in [6.45, 7) is 6.56. The van der Waals surface area contributed by atoms with Gasteiger partial charge in [0.15, 0.2) is 0 Å². The summed E-state index contributed by atoms with van der Waals surface area (Å²) in [5, 5.41) is 0. The molecule has 3 atom stereocenters. The average Bonchev–Trinajstić information content (AvgIpc) is 2.55. The number of hydrogen-bond acceptors (Lipinski definition) is 0. The molecule has 1 aliphatic carbocycles. The van der Waals surface area contributed by atoms with Crippen LogP contribution in [-0.4, -0.2) is 5.88 Å². The lowest BCUT2D eigenvalue weighted by atomic mass is 9.78. The van der Waals surface area contributed by atoms with Crippen molar-refractivity contribution in [3.63, 3.8) is 0 Å². The summed E-state index contributed by atoms with van der Waals surface area (Å²) in [7, 11) is 0. The lowest BCUT2D eigenvalue weighted by molar-refractivity contribution is 0.260. The zero-order valence-electron chi connectivity index (χ0n) is 14.7. The van der Waals surface area contributed by atoms with Crippen LogP contribution in [0.1, 0.15) is 84.0 Å². The van der Waals surface area contributed by atoms with Crippen LogP contribution in [0, 0.1) is 17.8 Å². The number of unbranched alkanes of at least 4 members (excludes halogenated alkanes) is 4. The van der Waals surface area contributed by atoms with Crippen molar-refractivity contribution >= 4 is 11.6 Å². The van der Waals surface area contributed by atoms with Gasteiger partial charge in [-0.15, -0.1) is 18.2 Å². The Morgan fingerprint density at radius 1 is 1.09 bits per heavy atom. The van der Waals surface area contributed by atoms with Gasteiger partial charge < -0.3 is 0 Å². The van der Waals surface area contributed by atoms with E-state index >= 15 is 0 Å². The first-order valence-corrected chi connectivity index (χ1v) is 10.1. The molecule has 0 saturated heterocycles. The van der Waals surface area contributed by atoms with Gasteiger partial charge in [-0.25, -0.2) is 0 Å². The van der Waals surface area contributed by atoms with Crippen molar-refractivity contribution in [1.82, 2.24) is 0 Å². The van der Waals surface area contributed by atoms with Crippen LogP contribution in [0.2, 0.25) is 0 Å². The van der Waals surface area contributed by atoms with Crippen molar-refractivity contribution < 1.29 is 0 Å². The second kappa shape index (κ2) is 13.2. The lowest BCUT2D eigenvalue weighted by Crippen LogP contribution is -2.16. The van der Waals surface area contributed by atoms with Gasteiger partial charge in [0, 0.05) is 5.88 Å². The molecule has 0 amide bonds. The van der Waals surface area contributed by atoms with Crippen LogP contribution < -0.4 is 0 Å². The normalized spacial score (nSPS) is 26.3. The molecular formula is C21H37Cl. The van der Waals surface area contributed by atoms with Crippen molar-refractivity contribution in [3.05, 3.63) is 24.8 Å². The van der Waals surface area contributed by atoms with Crippen LogP contribution in [-0.2, 0) is 0 Å². The molecule has 0 aromatic rings. The Morgan fingerprint density at radius 2 is 1.82 bits per heavy atom. The molecule has 0 aromatic carbocycles. The average molecular weight is 325 g/mol. The van der Waals surface area contributed by atoms with E-state index in [0.717, 1.165) is 23.6 Å². The fourth-order valence-corrected chi connectivity index (χ4v) is 3.92. The van der Waals surface area contributed by atoms with Crippen LogP contribution >= 0.6 is 11.6 Å². The summed E-state index contributed by atoms with van der Waals surface area (Å²) in [5.41, 5.74) is 0. The molecule has 3 unspecified atom stereocenters. The summed E-state index contributed by atoms with van der Waals surface area (Å²) in [6.07, 6.45) is 23.0. The Bertz CT molecular complexity index is 294. The minimum Gasteiger partial charge on any atom is -0.127 e. The molecule has 0 radical (unpaired) electrons. The van der Waals surface area contributed by atoms with E-state index in [4.69, 9.17) is 11.6 Å². The molecule has 1 aliphatic rings. The molecule has 0 bridgehead atoms. The first-order valence-electron chi connectivity index (χ1n) is 9.61. The highest BCUT2D eigenvalue weighted by atomic mass is 35.5. The van der Waals surface area contributed by atoms with Gasteiger partial charge in [-0.1, -0.05) is 57.3 Å². The fourth-order valence-electron chi connectivity index (χ4n) is 3.73. The third-order valence-electron chi connectivity index (χ3n) is 5.35. The Morgan fingerprint density at radius 3 is 2.59 bits per heavy atom. The lowest BCUT2D eigenvalue weighted by Gasteiger charge is -2.27. The standard InChI is InChI=1S/C21H37Cl/c1-3-20-15-11-7-4-8-12-16-21(18-20)19(2)14-10-6-5-9-13-17-22/h3-4,8,19-21H,1,5-7,9-18H2,2H3/b8-4-. The van der Waals surface area contributed by atoms with Gasteiger partial charge in [0.05, 0.1) is 0 Å². The van der Waals surface area contributed by atoms with Gasteiger partial charge >= 0.3 is 0 Å². The minimum atomic E-state index is 0.739. The van der Waals surface area contributed by atoms with Gasteiger partial charge in [0.1, 0.15) is 0 Å². The molecule has 0 spiro atoms. The molecule has 0 aliphatic heterocycles. The Kier molecular flexibility index (Phi) is 11.9. The Hall–Kier alpha value is -0.230. The maximum Gasteiger partial charge on any atom is 0.0223 e.